The third-order valence-corrected chi connectivity index (χ3v) is 6.67. The summed E-state index contributed by atoms with van der Waals surface area (Å²) in [5, 5.41) is 5.82. The first-order valence-electron chi connectivity index (χ1n) is 11.0. The van der Waals surface area contributed by atoms with E-state index in [1.54, 1.807) is 24.3 Å². The summed E-state index contributed by atoms with van der Waals surface area (Å²) >= 11 is 1.26. The van der Waals surface area contributed by atoms with Gasteiger partial charge in [0.1, 0.15) is 0 Å². The molecular formula is C25H30N2O4S. The molecule has 0 aliphatic heterocycles. The molecule has 0 spiro atoms. The minimum atomic E-state index is -0.570. The molecule has 2 aromatic rings. The number of esters is 1. The number of nitrogens with one attached hydrogen (secondary N) is 2. The lowest BCUT2D eigenvalue weighted by atomic mass is 9.86. The molecule has 170 valence electrons. The molecule has 2 N–H and O–H groups in total. The first kappa shape index (κ1) is 23.9. The van der Waals surface area contributed by atoms with Crippen LogP contribution in [0.3, 0.4) is 0 Å². The minimum Gasteiger partial charge on any atom is -0.452 e. The van der Waals surface area contributed by atoms with Crippen molar-refractivity contribution in [3.05, 3.63) is 59.7 Å². The molecule has 6 nitrogen and oxygen atoms in total. The molecule has 1 fully saturated rings. The number of hydrogen-bond donors (Lipinski definition) is 2. The largest absolute Gasteiger partial charge is 0.452 e. The Bertz CT molecular complexity index is 945. The van der Waals surface area contributed by atoms with Crippen LogP contribution in [0.25, 0.3) is 0 Å². The lowest BCUT2D eigenvalue weighted by Crippen LogP contribution is -2.42. The number of benzene rings is 2. The van der Waals surface area contributed by atoms with Gasteiger partial charge in [-0.25, -0.2) is 4.79 Å². The highest BCUT2D eigenvalue weighted by Gasteiger charge is 2.23. The Labute approximate surface area is 193 Å². The molecule has 0 bridgehead atoms. The van der Waals surface area contributed by atoms with Crippen LogP contribution in [-0.4, -0.2) is 36.2 Å². The number of anilines is 1. The van der Waals surface area contributed by atoms with E-state index in [4.69, 9.17) is 4.74 Å². The van der Waals surface area contributed by atoms with Crippen molar-refractivity contribution in [2.75, 3.05) is 17.7 Å². The summed E-state index contributed by atoms with van der Waals surface area (Å²) in [6.07, 6.45) is 4.37. The lowest BCUT2D eigenvalue weighted by molar-refractivity contribution is -0.125. The number of aryl methyl sites for hydroxylation is 1. The normalized spacial score (nSPS) is 17.9. The summed E-state index contributed by atoms with van der Waals surface area (Å²) in [5.74, 6) is -0.425. The van der Waals surface area contributed by atoms with Gasteiger partial charge in [-0.3, -0.25) is 9.59 Å². The van der Waals surface area contributed by atoms with Gasteiger partial charge in [-0.1, -0.05) is 49.6 Å². The fourth-order valence-electron chi connectivity index (χ4n) is 3.73. The van der Waals surface area contributed by atoms with Gasteiger partial charge in [0.15, 0.2) is 6.61 Å². The fraction of sp³-hybridized carbons (Fsp3) is 0.400. The van der Waals surface area contributed by atoms with Gasteiger partial charge in [0.25, 0.3) is 5.91 Å². The van der Waals surface area contributed by atoms with Crippen LogP contribution in [-0.2, 0) is 14.3 Å². The van der Waals surface area contributed by atoms with Crippen molar-refractivity contribution in [1.82, 2.24) is 5.32 Å². The van der Waals surface area contributed by atoms with E-state index >= 15 is 0 Å². The van der Waals surface area contributed by atoms with Crippen molar-refractivity contribution in [3.63, 3.8) is 0 Å². The van der Waals surface area contributed by atoms with Gasteiger partial charge in [-0.15, -0.1) is 11.8 Å². The molecule has 0 heterocycles. The topological polar surface area (TPSA) is 84.5 Å². The van der Waals surface area contributed by atoms with Gasteiger partial charge >= 0.3 is 5.97 Å². The fourth-order valence-corrected chi connectivity index (χ4v) is 4.57. The molecule has 32 heavy (non-hydrogen) atoms. The smallest absolute Gasteiger partial charge is 0.339 e. The predicted molar refractivity (Wildman–Crippen MR) is 127 cm³/mol. The summed E-state index contributed by atoms with van der Waals surface area (Å²) in [6, 6.07) is 14.6. The molecule has 1 aliphatic rings. The van der Waals surface area contributed by atoms with E-state index in [9.17, 15) is 14.4 Å². The van der Waals surface area contributed by atoms with E-state index in [0.717, 1.165) is 30.5 Å². The third-order valence-electron chi connectivity index (χ3n) is 5.59. The molecule has 0 saturated heterocycles. The standard InChI is InChI=1S/C25H30N2O4S/c1-17-11-13-19(14-12-17)26-24(29)16-32-22-10-6-4-8-20(22)25(30)31-15-23(28)27-21-9-5-3-7-18(21)2/h4,6,8,10-14,18,21H,3,5,7,9,15-16H2,1-2H3,(H,26,29)(H,27,28)/t18-,21-/m1/s1. The second-order valence-corrected chi connectivity index (χ2v) is 9.23. The van der Waals surface area contributed by atoms with Crippen molar-refractivity contribution in [3.8, 4) is 0 Å². The van der Waals surface area contributed by atoms with Crippen LogP contribution in [0.2, 0.25) is 0 Å². The first-order valence-corrected chi connectivity index (χ1v) is 12.0. The predicted octanol–water partition coefficient (Wildman–Crippen LogP) is 4.58. The van der Waals surface area contributed by atoms with Crippen LogP contribution >= 0.6 is 11.8 Å². The number of ether oxygens (including phenoxy) is 1. The third kappa shape index (κ3) is 7.12. The molecule has 7 heteroatoms. The van der Waals surface area contributed by atoms with Gasteiger partial charge in [0.05, 0.1) is 11.3 Å². The first-order chi connectivity index (χ1) is 15.4. The highest BCUT2D eigenvalue weighted by Crippen LogP contribution is 2.25. The van der Waals surface area contributed by atoms with Crippen LogP contribution in [0, 0.1) is 12.8 Å². The second-order valence-electron chi connectivity index (χ2n) is 8.21. The Balaban J connectivity index is 1.50. The van der Waals surface area contributed by atoms with Crippen molar-refractivity contribution in [1.29, 1.82) is 0 Å². The molecule has 2 amide bonds. The van der Waals surface area contributed by atoms with E-state index in [2.05, 4.69) is 17.6 Å². The van der Waals surface area contributed by atoms with Crippen LogP contribution in [0.4, 0.5) is 5.69 Å². The van der Waals surface area contributed by atoms with Gasteiger partial charge in [-0.2, -0.15) is 0 Å². The molecule has 1 saturated carbocycles. The Morgan fingerprint density at radius 2 is 1.72 bits per heavy atom. The highest BCUT2D eigenvalue weighted by molar-refractivity contribution is 8.00. The van der Waals surface area contributed by atoms with E-state index < -0.39 is 5.97 Å². The maximum absolute atomic E-state index is 12.6. The van der Waals surface area contributed by atoms with Crippen molar-refractivity contribution >= 4 is 35.2 Å². The van der Waals surface area contributed by atoms with Gasteiger partial charge in [0.2, 0.25) is 5.91 Å². The van der Waals surface area contributed by atoms with Gasteiger partial charge in [0, 0.05) is 16.6 Å². The maximum atomic E-state index is 12.6. The molecule has 2 atom stereocenters. The molecular weight excluding hydrogens is 424 g/mol. The molecule has 0 unspecified atom stereocenters. The quantitative estimate of drug-likeness (QED) is 0.451. The van der Waals surface area contributed by atoms with Gasteiger partial charge < -0.3 is 15.4 Å². The monoisotopic (exact) mass is 454 g/mol. The number of carbonyl (C=O) groups excluding carboxylic acids is 3. The number of hydrogen-bond acceptors (Lipinski definition) is 5. The zero-order chi connectivity index (χ0) is 22.9. The Morgan fingerprint density at radius 1 is 1.00 bits per heavy atom. The van der Waals surface area contributed by atoms with E-state index in [-0.39, 0.29) is 30.2 Å². The summed E-state index contributed by atoms with van der Waals surface area (Å²) < 4.78 is 5.26. The van der Waals surface area contributed by atoms with E-state index in [1.165, 1.54) is 18.2 Å². The van der Waals surface area contributed by atoms with Crippen LogP contribution in [0.15, 0.2) is 53.4 Å². The SMILES string of the molecule is Cc1ccc(NC(=O)CSc2ccccc2C(=O)OCC(=O)N[C@@H]2CCCC[C@H]2C)cc1. The van der Waals surface area contributed by atoms with Crippen LogP contribution in [0.1, 0.15) is 48.5 Å². The maximum Gasteiger partial charge on any atom is 0.339 e. The molecule has 1 aliphatic carbocycles. The Morgan fingerprint density at radius 3 is 2.47 bits per heavy atom. The van der Waals surface area contributed by atoms with E-state index in [0.29, 0.717) is 16.4 Å². The minimum absolute atomic E-state index is 0.143. The number of rotatable bonds is 8. The van der Waals surface area contributed by atoms with Crippen molar-refractivity contribution in [2.24, 2.45) is 5.92 Å². The number of thioether (sulfide) groups is 1. The van der Waals surface area contributed by atoms with Crippen molar-refractivity contribution < 1.29 is 19.1 Å². The summed E-state index contributed by atoms with van der Waals surface area (Å²) in [4.78, 5) is 37.7. The average molecular weight is 455 g/mol. The number of carbonyl (C=O) groups is 3. The summed E-state index contributed by atoms with van der Waals surface area (Å²) in [6.45, 7) is 3.81. The molecule has 0 radical (unpaired) electrons. The van der Waals surface area contributed by atoms with Crippen LogP contribution in [0.5, 0.6) is 0 Å². The van der Waals surface area contributed by atoms with Crippen LogP contribution < -0.4 is 10.6 Å². The zero-order valence-electron chi connectivity index (χ0n) is 18.6. The average Bonchev–Trinajstić information content (AvgIpc) is 2.79. The zero-order valence-corrected chi connectivity index (χ0v) is 19.4. The Kier molecular flexibility index (Phi) is 8.73. The lowest BCUT2D eigenvalue weighted by Gasteiger charge is -2.29. The van der Waals surface area contributed by atoms with Gasteiger partial charge in [-0.05, 0) is 49.9 Å². The molecule has 2 aromatic carbocycles. The number of amides is 2. The Hall–Kier alpha value is -2.80. The summed E-state index contributed by atoms with van der Waals surface area (Å²) in [5.41, 5.74) is 2.19. The summed E-state index contributed by atoms with van der Waals surface area (Å²) in [7, 11) is 0. The van der Waals surface area contributed by atoms with E-state index in [1.807, 2.05) is 31.2 Å². The molecule has 0 aromatic heterocycles. The highest BCUT2D eigenvalue weighted by atomic mass is 32.2. The second kappa shape index (κ2) is 11.7. The molecule has 3 rings (SSSR count). The van der Waals surface area contributed by atoms with Crippen molar-refractivity contribution in [2.45, 2.75) is 50.5 Å².